The van der Waals surface area contributed by atoms with Crippen LogP contribution < -0.4 is 0 Å². The van der Waals surface area contributed by atoms with Crippen LogP contribution >= 0.6 is 22.9 Å². The second kappa shape index (κ2) is 5.20. The summed E-state index contributed by atoms with van der Waals surface area (Å²) >= 11 is 5.68. The highest BCUT2D eigenvalue weighted by Crippen LogP contribution is 2.41. The molecular weight excluding hydrogens is 363 g/mol. The number of hydrogen-bond donors (Lipinski definition) is 1. The van der Waals surface area contributed by atoms with Gasteiger partial charge < -0.3 is 0 Å². The summed E-state index contributed by atoms with van der Waals surface area (Å²) < 4.78 is 96.2. The van der Waals surface area contributed by atoms with Crippen LogP contribution in [0.4, 0.5) is 22.0 Å². The maximum Gasteiger partial charge on any atom is 0.304 e. The van der Waals surface area contributed by atoms with Crippen molar-refractivity contribution < 1.29 is 34.9 Å². The van der Waals surface area contributed by atoms with Crippen LogP contribution in [-0.4, -0.2) is 13.0 Å². The third-order valence-electron chi connectivity index (χ3n) is 2.38. The molecule has 0 fully saturated rings. The van der Waals surface area contributed by atoms with Crippen LogP contribution in [0.15, 0.2) is 10.3 Å². The predicted molar refractivity (Wildman–Crippen MR) is 64.4 cm³/mol. The summed E-state index contributed by atoms with van der Waals surface area (Å²) in [5.74, 6) is -11.3. The molecule has 0 radical (unpaired) electrons. The summed E-state index contributed by atoms with van der Waals surface area (Å²) in [7, 11) is -4.97. The van der Waals surface area contributed by atoms with Crippen LogP contribution in [0.3, 0.4) is 0 Å². The van der Waals surface area contributed by atoms with Gasteiger partial charge in [-0.25, -0.2) is 22.0 Å². The van der Waals surface area contributed by atoms with E-state index in [0.29, 0.717) is 6.07 Å². The third-order valence-corrected chi connectivity index (χ3v) is 5.01. The molecule has 1 aromatic heterocycles. The van der Waals surface area contributed by atoms with Crippen molar-refractivity contribution in [3.05, 3.63) is 39.5 Å². The summed E-state index contributed by atoms with van der Waals surface area (Å²) in [4.78, 5) is 0. The van der Waals surface area contributed by atoms with E-state index in [1.54, 1.807) is 0 Å². The molecule has 11 heteroatoms. The van der Waals surface area contributed by atoms with Gasteiger partial charge in [-0.3, -0.25) is 4.55 Å². The Morgan fingerprint density at radius 1 is 0.952 bits per heavy atom. The first-order valence-electron chi connectivity index (χ1n) is 4.84. The van der Waals surface area contributed by atoms with E-state index in [2.05, 4.69) is 0 Å². The Hall–Kier alpha value is -1.23. The Morgan fingerprint density at radius 2 is 1.38 bits per heavy atom. The first kappa shape index (κ1) is 16.1. The van der Waals surface area contributed by atoms with Crippen molar-refractivity contribution in [1.29, 1.82) is 0 Å². The van der Waals surface area contributed by atoms with Gasteiger partial charge >= 0.3 is 10.1 Å². The van der Waals surface area contributed by atoms with Crippen LogP contribution in [0.25, 0.3) is 11.1 Å². The fourth-order valence-electron chi connectivity index (χ4n) is 1.55. The van der Waals surface area contributed by atoms with Gasteiger partial charge in [0.25, 0.3) is 0 Å². The summed E-state index contributed by atoms with van der Waals surface area (Å²) in [6.07, 6.45) is 0. The lowest BCUT2D eigenvalue weighted by Gasteiger charge is -2.08. The van der Waals surface area contributed by atoms with E-state index in [1.807, 2.05) is 0 Å². The Bertz CT molecular complexity index is 818. The fraction of sp³-hybridized carbons (Fsp3) is 0. The zero-order valence-electron chi connectivity index (χ0n) is 9.43. The molecular formula is C10H2ClF5O3S2. The molecule has 0 bridgehead atoms. The van der Waals surface area contributed by atoms with Crippen LogP contribution in [-0.2, 0) is 10.1 Å². The SMILES string of the molecule is O=S(=O)(O)c1sc(Cl)cc1-c1c(F)c(F)c(F)c(F)c1F. The van der Waals surface area contributed by atoms with Crippen LogP contribution in [0.2, 0.25) is 4.34 Å². The summed E-state index contributed by atoms with van der Waals surface area (Å²) in [6.45, 7) is 0. The average Bonchev–Trinajstić information content (AvgIpc) is 2.76. The Morgan fingerprint density at radius 3 is 1.81 bits per heavy atom. The molecule has 0 aliphatic rings. The molecule has 0 amide bonds. The average molecular weight is 365 g/mol. The van der Waals surface area contributed by atoms with Crippen LogP contribution in [0.5, 0.6) is 0 Å². The minimum atomic E-state index is -4.97. The monoisotopic (exact) mass is 364 g/mol. The first-order valence-corrected chi connectivity index (χ1v) is 7.47. The van der Waals surface area contributed by atoms with Crippen molar-refractivity contribution in [2.75, 3.05) is 0 Å². The van der Waals surface area contributed by atoms with E-state index in [0.717, 1.165) is 0 Å². The number of benzene rings is 1. The molecule has 0 spiro atoms. The quantitative estimate of drug-likeness (QED) is 0.379. The molecule has 2 aromatic rings. The molecule has 0 aliphatic carbocycles. The van der Waals surface area contributed by atoms with Gasteiger partial charge in [0.05, 0.1) is 9.90 Å². The third kappa shape index (κ3) is 2.63. The smallest absolute Gasteiger partial charge is 0.281 e. The normalized spacial score (nSPS) is 12.0. The van der Waals surface area contributed by atoms with Gasteiger partial charge in [0.15, 0.2) is 27.5 Å². The maximum absolute atomic E-state index is 13.6. The fourth-order valence-corrected chi connectivity index (χ4v) is 3.78. The molecule has 1 aromatic carbocycles. The Labute approximate surface area is 123 Å². The lowest BCUT2D eigenvalue weighted by atomic mass is 10.1. The first-order chi connectivity index (χ1) is 9.55. The minimum Gasteiger partial charge on any atom is -0.281 e. The molecule has 114 valence electrons. The van der Waals surface area contributed by atoms with Crippen molar-refractivity contribution in [1.82, 2.24) is 0 Å². The van der Waals surface area contributed by atoms with E-state index in [9.17, 15) is 30.4 Å². The Kier molecular flexibility index (Phi) is 4.00. The largest absolute Gasteiger partial charge is 0.304 e. The molecule has 2 rings (SSSR count). The molecule has 0 saturated heterocycles. The molecule has 21 heavy (non-hydrogen) atoms. The topological polar surface area (TPSA) is 54.4 Å². The van der Waals surface area contributed by atoms with E-state index >= 15 is 0 Å². The summed E-state index contributed by atoms with van der Waals surface area (Å²) in [6, 6.07) is 0.674. The standard InChI is InChI=1S/C10H2ClF5O3S2/c11-3-1-2(10(20-3)21(17,18)19)4-5(12)7(14)9(16)8(15)6(4)13/h1H,(H,17,18,19). The zero-order valence-corrected chi connectivity index (χ0v) is 11.8. The Balaban J connectivity index is 2.93. The highest BCUT2D eigenvalue weighted by Gasteiger charge is 2.31. The van der Waals surface area contributed by atoms with E-state index < -0.39 is 54.5 Å². The van der Waals surface area contributed by atoms with E-state index in [4.69, 9.17) is 16.2 Å². The van der Waals surface area contributed by atoms with Crippen molar-refractivity contribution in [2.45, 2.75) is 4.21 Å². The second-order valence-corrected chi connectivity index (χ2v) is 6.97. The molecule has 1 heterocycles. The van der Waals surface area contributed by atoms with E-state index in [1.165, 1.54) is 0 Å². The highest BCUT2D eigenvalue weighted by atomic mass is 35.5. The van der Waals surface area contributed by atoms with Crippen molar-refractivity contribution in [2.24, 2.45) is 0 Å². The second-order valence-electron chi connectivity index (χ2n) is 3.67. The number of thiophene rings is 1. The molecule has 0 atom stereocenters. The van der Waals surface area contributed by atoms with E-state index in [-0.39, 0.29) is 15.7 Å². The van der Waals surface area contributed by atoms with Gasteiger partial charge in [0.1, 0.15) is 0 Å². The minimum absolute atomic E-state index is 0.205. The summed E-state index contributed by atoms with van der Waals surface area (Å²) in [5, 5.41) is 0. The number of rotatable bonds is 2. The van der Waals surface area contributed by atoms with Crippen LogP contribution in [0, 0.1) is 29.1 Å². The molecule has 0 saturated carbocycles. The van der Waals surface area contributed by atoms with Gasteiger partial charge in [-0.15, -0.1) is 11.3 Å². The zero-order chi connectivity index (χ0) is 16.1. The van der Waals surface area contributed by atoms with Crippen molar-refractivity contribution >= 4 is 33.1 Å². The van der Waals surface area contributed by atoms with Gasteiger partial charge in [-0.2, -0.15) is 8.42 Å². The van der Waals surface area contributed by atoms with Crippen molar-refractivity contribution in [3.8, 4) is 11.1 Å². The number of hydrogen-bond acceptors (Lipinski definition) is 3. The van der Waals surface area contributed by atoms with Crippen LogP contribution in [0.1, 0.15) is 0 Å². The van der Waals surface area contributed by atoms with Gasteiger partial charge in [0, 0.05) is 5.56 Å². The lowest BCUT2D eigenvalue weighted by Crippen LogP contribution is -2.05. The van der Waals surface area contributed by atoms with Gasteiger partial charge in [0.2, 0.25) is 5.82 Å². The van der Waals surface area contributed by atoms with Crippen molar-refractivity contribution in [3.63, 3.8) is 0 Å². The number of halogens is 6. The van der Waals surface area contributed by atoms with Gasteiger partial charge in [-0.05, 0) is 6.07 Å². The summed E-state index contributed by atoms with van der Waals surface area (Å²) in [5.41, 5.74) is -2.40. The molecule has 0 unspecified atom stereocenters. The van der Waals surface area contributed by atoms with Gasteiger partial charge in [-0.1, -0.05) is 11.6 Å². The highest BCUT2D eigenvalue weighted by molar-refractivity contribution is 7.88. The molecule has 3 nitrogen and oxygen atoms in total. The predicted octanol–water partition coefficient (Wildman–Crippen LogP) is 4.01. The molecule has 1 N–H and O–H groups in total. The maximum atomic E-state index is 13.6. The molecule has 0 aliphatic heterocycles. The lowest BCUT2D eigenvalue weighted by molar-refractivity contribution is 0.381.